The van der Waals surface area contributed by atoms with Crippen LogP contribution >= 0.6 is 0 Å². The summed E-state index contributed by atoms with van der Waals surface area (Å²) in [7, 11) is 2.53. The molecule has 1 N–H and O–H groups in total. The molecule has 0 fully saturated rings. The van der Waals surface area contributed by atoms with E-state index in [1.807, 2.05) is 6.92 Å². The number of amides is 1. The average Bonchev–Trinajstić information content (AvgIpc) is 2.60. The molecule has 0 spiro atoms. The molecule has 1 aromatic carbocycles. The van der Waals surface area contributed by atoms with Crippen molar-refractivity contribution in [2.75, 3.05) is 19.5 Å². The van der Waals surface area contributed by atoms with Crippen LogP contribution in [-0.4, -0.2) is 32.1 Å². The van der Waals surface area contributed by atoms with Crippen LogP contribution in [0.2, 0.25) is 0 Å². The number of carbonyl (C=O) groups excluding carboxylic acids is 3. The second kappa shape index (κ2) is 9.70. The number of anilines is 1. The summed E-state index contributed by atoms with van der Waals surface area (Å²) in [5, 5.41) is 2.76. The third kappa shape index (κ3) is 5.08. The molecule has 24 heavy (non-hydrogen) atoms. The van der Waals surface area contributed by atoms with Crippen LogP contribution in [0.25, 0.3) is 0 Å². The fourth-order valence-electron chi connectivity index (χ4n) is 2.39. The molecule has 0 aliphatic rings. The predicted octanol–water partition coefficient (Wildman–Crippen LogP) is 3.41. The molecule has 0 aromatic heterocycles. The van der Waals surface area contributed by atoms with E-state index >= 15 is 0 Å². The van der Waals surface area contributed by atoms with Gasteiger partial charge in [-0.2, -0.15) is 0 Å². The molecule has 0 radical (unpaired) electrons. The number of unbranched alkanes of at least 4 members (excludes halogenated alkanes) is 1. The fourth-order valence-corrected chi connectivity index (χ4v) is 2.39. The van der Waals surface area contributed by atoms with Crippen molar-refractivity contribution in [2.45, 2.75) is 39.5 Å². The van der Waals surface area contributed by atoms with Crippen LogP contribution in [0.1, 0.15) is 60.2 Å². The van der Waals surface area contributed by atoms with Gasteiger partial charge < -0.3 is 14.8 Å². The Labute approximate surface area is 142 Å². The van der Waals surface area contributed by atoms with Crippen LogP contribution in [0.4, 0.5) is 5.69 Å². The van der Waals surface area contributed by atoms with Crippen molar-refractivity contribution in [3.05, 3.63) is 29.3 Å². The van der Waals surface area contributed by atoms with E-state index in [0.29, 0.717) is 6.42 Å². The summed E-state index contributed by atoms with van der Waals surface area (Å²) in [6.45, 7) is 4.02. The number of nitrogens with one attached hydrogen (secondary N) is 1. The van der Waals surface area contributed by atoms with E-state index < -0.39 is 11.9 Å². The first-order valence-corrected chi connectivity index (χ1v) is 8.09. The second-order valence-corrected chi connectivity index (χ2v) is 5.48. The standard InChI is InChI=1S/C18H25NO5/c1-5-7-8-12(6-2)16(20)19-15-11-13(17(21)23-3)9-10-14(15)18(22)24-4/h9-12H,5-8H2,1-4H3,(H,19,20)/t12-/m1/s1. The summed E-state index contributed by atoms with van der Waals surface area (Å²) in [6, 6.07) is 4.34. The van der Waals surface area contributed by atoms with Crippen LogP contribution in [0.3, 0.4) is 0 Å². The first-order valence-electron chi connectivity index (χ1n) is 8.09. The second-order valence-electron chi connectivity index (χ2n) is 5.48. The fraction of sp³-hybridized carbons (Fsp3) is 0.500. The Kier molecular flexibility index (Phi) is 7.95. The lowest BCUT2D eigenvalue weighted by molar-refractivity contribution is -0.120. The summed E-state index contributed by atoms with van der Waals surface area (Å²) in [5.41, 5.74) is 0.704. The summed E-state index contributed by atoms with van der Waals surface area (Å²) >= 11 is 0. The predicted molar refractivity (Wildman–Crippen MR) is 91.1 cm³/mol. The molecule has 0 saturated heterocycles. The number of methoxy groups -OCH3 is 2. The van der Waals surface area contributed by atoms with Crippen LogP contribution < -0.4 is 5.32 Å². The van der Waals surface area contributed by atoms with Gasteiger partial charge in [-0.05, 0) is 31.0 Å². The zero-order chi connectivity index (χ0) is 18.1. The maximum absolute atomic E-state index is 12.5. The van der Waals surface area contributed by atoms with E-state index in [0.717, 1.165) is 19.3 Å². The third-order valence-corrected chi connectivity index (χ3v) is 3.87. The highest BCUT2D eigenvalue weighted by Gasteiger charge is 2.21. The van der Waals surface area contributed by atoms with Crippen molar-refractivity contribution in [3.8, 4) is 0 Å². The van der Waals surface area contributed by atoms with E-state index in [2.05, 4.69) is 17.0 Å². The number of carbonyl (C=O) groups is 3. The number of hydrogen-bond acceptors (Lipinski definition) is 5. The van der Waals surface area contributed by atoms with E-state index in [1.54, 1.807) is 0 Å². The summed E-state index contributed by atoms with van der Waals surface area (Å²) in [6.07, 6.45) is 3.45. The normalized spacial score (nSPS) is 11.5. The summed E-state index contributed by atoms with van der Waals surface area (Å²) in [4.78, 5) is 36.1. The first-order chi connectivity index (χ1) is 11.5. The maximum Gasteiger partial charge on any atom is 0.339 e. The molecule has 1 atom stereocenters. The van der Waals surface area contributed by atoms with Crippen LogP contribution in [0.5, 0.6) is 0 Å². The molecule has 0 unspecified atom stereocenters. The van der Waals surface area contributed by atoms with Gasteiger partial charge in [0.15, 0.2) is 0 Å². The number of benzene rings is 1. The number of rotatable bonds is 8. The highest BCUT2D eigenvalue weighted by atomic mass is 16.5. The van der Waals surface area contributed by atoms with Gasteiger partial charge in [0.1, 0.15) is 0 Å². The minimum Gasteiger partial charge on any atom is -0.465 e. The zero-order valence-corrected chi connectivity index (χ0v) is 14.7. The van der Waals surface area contributed by atoms with Crippen molar-refractivity contribution < 1.29 is 23.9 Å². The number of esters is 2. The Morgan fingerprint density at radius 3 is 2.29 bits per heavy atom. The van der Waals surface area contributed by atoms with E-state index in [4.69, 9.17) is 4.74 Å². The average molecular weight is 335 g/mol. The van der Waals surface area contributed by atoms with Crippen molar-refractivity contribution in [1.29, 1.82) is 0 Å². The van der Waals surface area contributed by atoms with Crippen molar-refractivity contribution in [2.24, 2.45) is 5.92 Å². The van der Waals surface area contributed by atoms with Gasteiger partial charge in [-0.1, -0.05) is 26.7 Å². The van der Waals surface area contributed by atoms with Crippen molar-refractivity contribution in [1.82, 2.24) is 0 Å². The van der Waals surface area contributed by atoms with Gasteiger partial charge in [-0.3, -0.25) is 4.79 Å². The summed E-state index contributed by atoms with van der Waals surface area (Å²) in [5.74, 6) is -1.43. The minimum absolute atomic E-state index is 0.141. The Balaban J connectivity index is 3.11. The molecule has 132 valence electrons. The first kappa shape index (κ1) is 19.7. The minimum atomic E-state index is -0.580. The lowest BCUT2D eigenvalue weighted by atomic mass is 9.98. The number of ether oxygens (including phenoxy) is 2. The SMILES string of the molecule is CCCC[C@@H](CC)C(=O)Nc1cc(C(=O)OC)ccc1C(=O)OC. The van der Waals surface area contributed by atoms with Crippen LogP contribution in [0, 0.1) is 5.92 Å². The Bertz CT molecular complexity index is 597. The third-order valence-electron chi connectivity index (χ3n) is 3.87. The molecule has 0 heterocycles. The van der Waals surface area contributed by atoms with Gasteiger partial charge in [-0.25, -0.2) is 9.59 Å². The van der Waals surface area contributed by atoms with Gasteiger partial charge in [0.05, 0.1) is 31.0 Å². The molecular weight excluding hydrogens is 310 g/mol. The van der Waals surface area contributed by atoms with E-state index in [1.165, 1.54) is 32.4 Å². The molecule has 1 aromatic rings. The van der Waals surface area contributed by atoms with Gasteiger partial charge in [0, 0.05) is 5.92 Å². The van der Waals surface area contributed by atoms with Crippen LogP contribution in [0.15, 0.2) is 18.2 Å². The Hall–Kier alpha value is -2.37. The molecule has 0 aliphatic carbocycles. The molecule has 0 aliphatic heterocycles. The van der Waals surface area contributed by atoms with Crippen molar-refractivity contribution >= 4 is 23.5 Å². The Morgan fingerprint density at radius 1 is 1.08 bits per heavy atom. The highest BCUT2D eigenvalue weighted by Crippen LogP contribution is 2.22. The molecule has 6 heteroatoms. The largest absolute Gasteiger partial charge is 0.465 e. The molecule has 1 rings (SSSR count). The Morgan fingerprint density at radius 2 is 1.75 bits per heavy atom. The van der Waals surface area contributed by atoms with E-state index in [9.17, 15) is 14.4 Å². The molecule has 0 saturated carbocycles. The van der Waals surface area contributed by atoms with Crippen molar-refractivity contribution in [3.63, 3.8) is 0 Å². The van der Waals surface area contributed by atoms with E-state index in [-0.39, 0.29) is 28.6 Å². The monoisotopic (exact) mass is 335 g/mol. The zero-order valence-electron chi connectivity index (χ0n) is 14.7. The van der Waals surface area contributed by atoms with Gasteiger partial charge in [0.2, 0.25) is 5.91 Å². The smallest absolute Gasteiger partial charge is 0.339 e. The van der Waals surface area contributed by atoms with Gasteiger partial charge in [-0.15, -0.1) is 0 Å². The molecule has 6 nitrogen and oxygen atoms in total. The lowest BCUT2D eigenvalue weighted by Crippen LogP contribution is -2.24. The molecule has 1 amide bonds. The summed E-state index contributed by atoms with van der Waals surface area (Å²) < 4.78 is 9.41. The van der Waals surface area contributed by atoms with Gasteiger partial charge in [0.25, 0.3) is 0 Å². The maximum atomic E-state index is 12.5. The topological polar surface area (TPSA) is 81.7 Å². The quantitative estimate of drug-likeness (QED) is 0.736. The number of hydrogen-bond donors (Lipinski definition) is 1. The highest BCUT2D eigenvalue weighted by molar-refractivity contribution is 6.03. The molecular formula is C18H25NO5. The van der Waals surface area contributed by atoms with Crippen LogP contribution in [-0.2, 0) is 14.3 Å². The van der Waals surface area contributed by atoms with Gasteiger partial charge >= 0.3 is 11.9 Å². The molecule has 0 bridgehead atoms. The lowest BCUT2D eigenvalue weighted by Gasteiger charge is -2.16.